The molecule has 11 nitrogen and oxygen atoms in total. The zero-order valence-corrected chi connectivity index (χ0v) is 18.9. The molecule has 0 saturated heterocycles. The second-order valence-electron chi connectivity index (χ2n) is 7.98. The van der Waals surface area contributed by atoms with E-state index in [0.717, 1.165) is 0 Å². The minimum Gasteiger partial charge on any atom is -0.508 e. The third-order valence-corrected chi connectivity index (χ3v) is 5.41. The lowest BCUT2D eigenvalue weighted by atomic mass is 9.97. The van der Waals surface area contributed by atoms with E-state index in [-0.39, 0.29) is 34.6 Å². The van der Waals surface area contributed by atoms with Crippen LogP contribution in [0.25, 0.3) is 11.4 Å². The Bertz CT molecular complexity index is 1030. The Labute approximate surface area is 185 Å². The van der Waals surface area contributed by atoms with Crippen molar-refractivity contribution in [3.05, 3.63) is 23.5 Å². The Kier molecular flexibility index (Phi) is 7.44. The topological polar surface area (TPSA) is 167 Å². The molecule has 0 radical (unpaired) electrons. The van der Waals surface area contributed by atoms with E-state index in [1.54, 1.807) is 19.9 Å². The second-order valence-corrected chi connectivity index (χ2v) is 7.98. The molecule has 2 aromatic rings. The van der Waals surface area contributed by atoms with E-state index in [1.807, 2.05) is 13.8 Å². The van der Waals surface area contributed by atoms with Gasteiger partial charge in [0.25, 0.3) is 5.91 Å². The number of aromatic nitrogens is 3. The molecular formula is C21H29N5O6. The van der Waals surface area contributed by atoms with E-state index in [4.69, 9.17) is 5.11 Å². The number of amides is 2. The van der Waals surface area contributed by atoms with Crippen LogP contribution in [0.2, 0.25) is 0 Å². The number of aromatic hydroxyl groups is 2. The Hall–Kier alpha value is -3.63. The van der Waals surface area contributed by atoms with Gasteiger partial charge < -0.3 is 26.0 Å². The molecule has 1 aromatic heterocycles. The van der Waals surface area contributed by atoms with Crippen molar-refractivity contribution in [3.63, 3.8) is 0 Å². The van der Waals surface area contributed by atoms with E-state index in [2.05, 4.69) is 20.8 Å². The monoisotopic (exact) mass is 447 g/mol. The fourth-order valence-electron chi connectivity index (χ4n) is 3.21. The van der Waals surface area contributed by atoms with Crippen molar-refractivity contribution in [2.24, 2.45) is 5.92 Å². The summed E-state index contributed by atoms with van der Waals surface area (Å²) in [4.78, 5) is 36.2. The molecule has 1 heterocycles. The predicted molar refractivity (Wildman–Crippen MR) is 115 cm³/mol. The van der Waals surface area contributed by atoms with E-state index in [1.165, 1.54) is 24.6 Å². The van der Waals surface area contributed by atoms with E-state index in [9.17, 15) is 24.6 Å². The summed E-state index contributed by atoms with van der Waals surface area (Å²) in [6.45, 7) is 8.34. The van der Waals surface area contributed by atoms with Crippen molar-refractivity contribution < 1.29 is 29.7 Å². The highest BCUT2D eigenvalue weighted by atomic mass is 16.4. The summed E-state index contributed by atoms with van der Waals surface area (Å²) in [5.74, 6) is -3.42. The van der Waals surface area contributed by atoms with Crippen molar-refractivity contribution in [1.82, 2.24) is 25.4 Å². The molecule has 2 rings (SSSR count). The number of nitrogens with zero attached hydrogens (tertiary/aromatic N) is 3. The summed E-state index contributed by atoms with van der Waals surface area (Å²) < 4.78 is 1.42. The fraction of sp³-hybridized carbons (Fsp3) is 0.476. The summed E-state index contributed by atoms with van der Waals surface area (Å²) >= 11 is 0. The van der Waals surface area contributed by atoms with Gasteiger partial charge in [-0.3, -0.25) is 19.0 Å². The van der Waals surface area contributed by atoms with Crippen molar-refractivity contribution in [2.75, 3.05) is 7.05 Å². The van der Waals surface area contributed by atoms with Crippen molar-refractivity contribution in [1.29, 1.82) is 0 Å². The summed E-state index contributed by atoms with van der Waals surface area (Å²) in [5, 5.41) is 42.6. The minimum atomic E-state index is -1.18. The number of hydrogen-bond donors (Lipinski definition) is 5. The number of phenolic OH excluding ortho intramolecular Hbond substituents is 2. The lowest BCUT2D eigenvalue weighted by Crippen LogP contribution is -2.43. The average Bonchev–Trinajstić information content (AvgIpc) is 3.16. The molecule has 3 atom stereocenters. The normalized spacial score (nSPS) is 14.0. The van der Waals surface area contributed by atoms with Gasteiger partial charge in [0, 0.05) is 19.2 Å². The van der Waals surface area contributed by atoms with Gasteiger partial charge in [0.2, 0.25) is 11.7 Å². The molecule has 2 amide bonds. The molecule has 1 aromatic carbocycles. The SMILES string of the molecule is CNC(=O)c1nnc(-c2cc(C(C)C)c(O)cc2O)n1[C@H](C)C(C)C(=O)N[C@@H](C)C(=O)O. The van der Waals surface area contributed by atoms with Gasteiger partial charge in [-0.25, -0.2) is 0 Å². The number of hydrogen-bond acceptors (Lipinski definition) is 7. The molecule has 32 heavy (non-hydrogen) atoms. The third-order valence-electron chi connectivity index (χ3n) is 5.41. The van der Waals surface area contributed by atoms with Gasteiger partial charge in [0.15, 0.2) is 5.82 Å². The first-order valence-electron chi connectivity index (χ1n) is 10.2. The number of carboxylic acids is 1. The molecule has 0 bridgehead atoms. The maximum atomic E-state index is 12.6. The zero-order valence-electron chi connectivity index (χ0n) is 18.9. The van der Waals surface area contributed by atoms with Crippen molar-refractivity contribution >= 4 is 17.8 Å². The van der Waals surface area contributed by atoms with Crippen LogP contribution in [-0.4, -0.2) is 61.0 Å². The van der Waals surface area contributed by atoms with Gasteiger partial charge in [-0.2, -0.15) is 0 Å². The van der Waals surface area contributed by atoms with E-state index in [0.29, 0.717) is 5.56 Å². The van der Waals surface area contributed by atoms with Gasteiger partial charge in [-0.05, 0) is 31.4 Å². The van der Waals surface area contributed by atoms with Gasteiger partial charge in [0.1, 0.15) is 17.5 Å². The number of phenols is 2. The van der Waals surface area contributed by atoms with Crippen LogP contribution in [-0.2, 0) is 9.59 Å². The van der Waals surface area contributed by atoms with Gasteiger partial charge in [0.05, 0.1) is 11.5 Å². The minimum absolute atomic E-state index is 0.0660. The molecule has 0 aliphatic rings. The van der Waals surface area contributed by atoms with Crippen LogP contribution in [0.5, 0.6) is 11.5 Å². The smallest absolute Gasteiger partial charge is 0.325 e. The van der Waals surface area contributed by atoms with Crippen molar-refractivity contribution in [3.8, 4) is 22.9 Å². The molecule has 0 fully saturated rings. The lowest BCUT2D eigenvalue weighted by Gasteiger charge is -2.24. The summed E-state index contributed by atoms with van der Waals surface area (Å²) in [6, 6.07) is 0.973. The second kappa shape index (κ2) is 9.67. The number of rotatable bonds is 8. The Morgan fingerprint density at radius 2 is 1.62 bits per heavy atom. The zero-order chi connectivity index (χ0) is 24.3. The third kappa shape index (κ3) is 4.82. The predicted octanol–water partition coefficient (Wildman–Crippen LogP) is 1.63. The van der Waals surface area contributed by atoms with Crippen LogP contribution in [0.15, 0.2) is 12.1 Å². The maximum absolute atomic E-state index is 12.6. The quantitative estimate of drug-likeness (QED) is 0.407. The molecule has 0 spiro atoms. The first-order valence-corrected chi connectivity index (χ1v) is 10.2. The highest BCUT2D eigenvalue weighted by Crippen LogP contribution is 2.38. The number of aliphatic carboxylic acids is 1. The number of carboxylic acid groups (broad SMARTS) is 1. The van der Waals surface area contributed by atoms with E-state index < -0.39 is 35.8 Å². The molecular weight excluding hydrogens is 418 g/mol. The average molecular weight is 447 g/mol. The van der Waals surface area contributed by atoms with Crippen LogP contribution in [0.1, 0.15) is 62.8 Å². The van der Waals surface area contributed by atoms with Crippen LogP contribution in [0, 0.1) is 5.92 Å². The van der Waals surface area contributed by atoms with Crippen molar-refractivity contribution in [2.45, 2.75) is 52.6 Å². The Morgan fingerprint density at radius 1 is 1.00 bits per heavy atom. The first-order chi connectivity index (χ1) is 14.9. The molecule has 0 aliphatic carbocycles. The van der Waals surface area contributed by atoms with Crippen LogP contribution >= 0.6 is 0 Å². The fourth-order valence-corrected chi connectivity index (χ4v) is 3.21. The molecule has 0 aliphatic heterocycles. The summed E-state index contributed by atoms with van der Waals surface area (Å²) in [6.07, 6.45) is 0. The number of carbonyl (C=O) groups is 3. The van der Waals surface area contributed by atoms with Gasteiger partial charge in [-0.15, -0.1) is 10.2 Å². The van der Waals surface area contributed by atoms with Gasteiger partial charge in [-0.1, -0.05) is 20.8 Å². The standard InChI is InChI=1S/C21H29N5O6/c1-9(2)13-7-14(16(28)8-15(13)27)17-24-25-18(20(30)22-6)26(17)12(5)10(3)19(29)23-11(4)21(31)32/h7-12,27-28H,1-6H3,(H,22,30)(H,23,29)(H,31,32)/t10?,11-,12+/m0/s1. The number of benzene rings is 1. The largest absolute Gasteiger partial charge is 0.508 e. The molecule has 174 valence electrons. The summed E-state index contributed by atoms with van der Waals surface area (Å²) in [7, 11) is 1.42. The molecule has 0 saturated carbocycles. The molecule has 11 heteroatoms. The Morgan fingerprint density at radius 3 is 2.16 bits per heavy atom. The number of carbonyl (C=O) groups excluding carboxylic acids is 2. The lowest BCUT2D eigenvalue weighted by molar-refractivity contribution is -0.142. The number of nitrogens with one attached hydrogen (secondary N) is 2. The van der Waals surface area contributed by atoms with Crippen LogP contribution in [0.3, 0.4) is 0 Å². The van der Waals surface area contributed by atoms with Gasteiger partial charge >= 0.3 is 5.97 Å². The maximum Gasteiger partial charge on any atom is 0.325 e. The van der Waals surface area contributed by atoms with E-state index >= 15 is 0 Å². The molecule has 5 N–H and O–H groups in total. The van der Waals surface area contributed by atoms with Crippen LogP contribution in [0.4, 0.5) is 0 Å². The van der Waals surface area contributed by atoms with Crippen LogP contribution < -0.4 is 10.6 Å². The molecule has 1 unspecified atom stereocenters. The highest BCUT2D eigenvalue weighted by molar-refractivity contribution is 5.91. The first kappa shape index (κ1) is 24.6. The summed E-state index contributed by atoms with van der Waals surface area (Å²) in [5.41, 5.74) is 0.787. The highest BCUT2D eigenvalue weighted by Gasteiger charge is 2.31. The Balaban J connectivity index is 2.61.